The molecule has 8 nitrogen and oxygen atoms in total. The van der Waals surface area contributed by atoms with E-state index >= 15 is 0 Å². The molecular weight excluding hydrogens is 416 g/mol. The van der Waals surface area contributed by atoms with Crippen molar-refractivity contribution in [2.24, 2.45) is 0 Å². The van der Waals surface area contributed by atoms with Crippen LogP contribution in [0, 0.1) is 5.82 Å². The Labute approximate surface area is 202 Å². The van der Waals surface area contributed by atoms with Crippen molar-refractivity contribution in [1.82, 2.24) is 15.1 Å². The molecule has 0 unspecified atom stereocenters. The largest absolute Gasteiger partial charge is 1.00 e. The molecule has 0 radical (unpaired) electrons. The molecule has 0 saturated heterocycles. The topological polar surface area (TPSA) is 128 Å². The Bertz CT molecular complexity index is 886. The summed E-state index contributed by atoms with van der Waals surface area (Å²) >= 11 is 0. The van der Waals surface area contributed by atoms with Crippen LogP contribution in [0.2, 0.25) is 0 Å². The van der Waals surface area contributed by atoms with Crippen LogP contribution in [-0.2, 0) is 11.2 Å². The van der Waals surface area contributed by atoms with Crippen molar-refractivity contribution < 1.29 is 58.9 Å². The number of carboxylic acids is 1. The number of hydrogen-bond acceptors (Lipinski definition) is 6. The first-order valence-electron chi connectivity index (χ1n) is 9.79. The fraction of sp³-hybridized carbons (Fsp3) is 0.476. The second kappa shape index (κ2) is 12.3. The number of carbonyl (C=O) groups excluding carboxylic acids is 2. The summed E-state index contributed by atoms with van der Waals surface area (Å²) in [5.74, 6) is -2.20. The molecule has 0 aliphatic carbocycles. The van der Waals surface area contributed by atoms with Crippen LogP contribution in [0.3, 0.4) is 0 Å². The van der Waals surface area contributed by atoms with Gasteiger partial charge in [-0.05, 0) is 49.4 Å². The van der Waals surface area contributed by atoms with Crippen LogP contribution < -0.4 is 40.0 Å². The van der Waals surface area contributed by atoms with E-state index in [9.17, 15) is 29.3 Å². The van der Waals surface area contributed by atoms with Gasteiger partial charge in [0.1, 0.15) is 5.82 Å². The maximum absolute atomic E-state index is 13.4. The van der Waals surface area contributed by atoms with E-state index in [2.05, 4.69) is 10.4 Å². The van der Waals surface area contributed by atoms with Crippen molar-refractivity contribution in [2.75, 3.05) is 7.05 Å². The number of carboxylic acid groups (broad SMARTS) is 1. The summed E-state index contributed by atoms with van der Waals surface area (Å²) in [6.45, 7) is 3.84. The fourth-order valence-corrected chi connectivity index (χ4v) is 3.41. The maximum Gasteiger partial charge on any atom is 1.00 e. The van der Waals surface area contributed by atoms with Gasteiger partial charge >= 0.3 is 29.6 Å². The molecule has 0 aliphatic rings. The first kappa shape index (κ1) is 27.3. The number of aliphatic hydroxyl groups is 2. The van der Waals surface area contributed by atoms with Gasteiger partial charge in [-0.15, -0.1) is 0 Å². The van der Waals surface area contributed by atoms with Crippen LogP contribution in [0.5, 0.6) is 0 Å². The Morgan fingerprint density at radius 3 is 2.32 bits per heavy atom. The molecule has 0 fully saturated rings. The average molecular weight is 443 g/mol. The minimum absolute atomic E-state index is 0. The van der Waals surface area contributed by atoms with E-state index in [4.69, 9.17) is 0 Å². The van der Waals surface area contributed by atoms with Gasteiger partial charge in [0.25, 0.3) is 5.91 Å². The van der Waals surface area contributed by atoms with Gasteiger partial charge in [-0.2, -0.15) is 5.10 Å². The first-order valence-corrected chi connectivity index (χ1v) is 9.79. The monoisotopic (exact) mass is 443 g/mol. The van der Waals surface area contributed by atoms with Crippen LogP contribution in [0.4, 0.5) is 4.39 Å². The molecule has 1 amide bonds. The summed E-state index contributed by atoms with van der Waals surface area (Å²) in [5, 5.41) is 37.6. The van der Waals surface area contributed by atoms with Crippen molar-refractivity contribution in [3.63, 3.8) is 0 Å². The molecule has 0 spiro atoms. The van der Waals surface area contributed by atoms with Gasteiger partial charge in [-0.1, -0.05) is 13.8 Å². The van der Waals surface area contributed by atoms with Crippen molar-refractivity contribution in [1.29, 1.82) is 0 Å². The smallest absolute Gasteiger partial charge is 0.550 e. The minimum Gasteiger partial charge on any atom is -0.550 e. The molecule has 10 heteroatoms. The summed E-state index contributed by atoms with van der Waals surface area (Å²) < 4.78 is 14.9. The number of carbonyl (C=O) groups is 2. The maximum atomic E-state index is 13.4. The van der Waals surface area contributed by atoms with Crippen LogP contribution in [0.25, 0.3) is 5.69 Å². The number of halogens is 1. The van der Waals surface area contributed by atoms with Crippen LogP contribution in [0.15, 0.2) is 24.3 Å². The Balaban J connectivity index is 0.00000480. The molecule has 2 aromatic rings. The van der Waals surface area contributed by atoms with Gasteiger partial charge in [0.15, 0.2) is 5.69 Å². The quantitative estimate of drug-likeness (QED) is 0.354. The van der Waals surface area contributed by atoms with Gasteiger partial charge < -0.3 is 25.4 Å². The van der Waals surface area contributed by atoms with E-state index in [0.717, 1.165) is 0 Å². The van der Waals surface area contributed by atoms with Gasteiger partial charge in [0.2, 0.25) is 0 Å². The molecule has 2 atom stereocenters. The zero-order valence-corrected chi connectivity index (χ0v) is 20.3. The third-order valence-corrected chi connectivity index (χ3v) is 4.77. The fourth-order valence-electron chi connectivity index (χ4n) is 3.41. The molecule has 3 N–H and O–H groups in total. The Morgan fingerprint density at radius 1 is 1.19 bits per heavy atom. The zero-order valence-electron chi connectivity index (χ0n) is 18.3. The Hall–Kier alpha value is -1.78. The van der Waals surface area contributed by atoms with E-state index in [1.165, 1.54) is 19.2 Å². The second-order valence-electron chi connectivity index (χ2n) is 7.49. The number of aliphatic hydroxyl groups excluding tert-OH is 2. The van der Waals surface area contributed by atoms with Crippen molar-refractivity contribution in [3.8, 4) is 5.69 Å². The third kappa shape index (κ3) is 7.40. The molecule has 0 bridgehead atoms. The summed E-state index contributed by atoms with van der Waals surface area (Å²) in [5.41, 5.74) is 2.21. The molecule has 1 aromatic carbocycles. The van der Waals surface area contributed by atoms with Gasteiger partial charge in [0.05, 0.1) is 17.9 Å². The molecule has 0 saturated carbocycles. The van der Waals surface area contributed by atoms with E-state index in [1.807, 2.05) is 13.8 Å². The van der Waals surface area contributed by atoms with Gasteiger partial charge in [-0.3, -0.25) is 4.79 Å². The van der Waals surface area contributed by atoms with Gasteiger partial charge in [-0.25, -0.2) is 9.07 Å². The number of hydrogen-bond donors (Lipinski definition) is 3. The standard InChI is InChI=1S/C21H28FN3O5.Na/c1-12(2)19-17(9-8-15(26)10-16(27)11-18(28)29)25(24-20(19)21(30)23-3)14-6-4-13(22)5-7-14;/h4-7,12,15-16,26-27H,8-11H2,1-3H3,(H,23,30)(H,28,29);/q;+1/p-1/t15-,16-;/m1./s1. The predicted octanol–water partition coefficient (Wildman–Crippen LogP) is -2.32. The molecule has 2 rings (SSSR count). The van der Waals surface area contributed by atoms with Crippen LogP contribution >= 0.6 is 0 Å². The van der Waals surface area contributed by atoms with E-state index in [0.29, 0.717) is 23.4 Å². The first-order chi connectivity index (χ1) is 14.1. The normalized spacial score (nSPS) is 12.9. The van der Waals surface area contributed by atoms with Crippen LogP contribution in [0.1, 0.15) is 60.8 Å². The summed E-state index contributed by atoms with van der Waals surface area (Å²) in [7, 11) is 1.51. The molecule has 0 aliphatic heterocycles. The predicted molar refractivity (Wildman–Crippen MR) is 106 cm³/mol. The van der Waals surface area contributed by atoms with Gasteiger partial charge in [0, 0.05) is 30.7 Å². The third-order valence-electron chi connectivity index (χ3n) is 4.77. The average Bonchev–Trinajstić information content (AvgIpc) is 3.05. The van der Waals surface area contributed by atoms with E-state index in [-0.39, 0.29) is 59.9 Å². The zero-order chi connectivity index (χ0) is 22.4. The molecule has 164 valence electrons. The van der Waals surface area contributed by atoms with E-state index in [1.54, 1.807) is 16.8 Å². The molecule has 31 heavy (non-hydrogen) atoms. The number of amides is 1. The van der Waals surface area contributed by atoms with Crippen molar-refractivity contribution in [3.05, 3.63) is 47.0 Å². The number of aliphatic carboxylic acids is 1. The Kier molecular flexibility index (Phi) is 10.8. The molecule has 1 heterocycles. The number of benzene rings is 1. The molecule has 1 aromatic heterocycles. The number of nitrogens with zero attached hydrogens (tertiary/aromatic N) is 2. The number of aromatic nitrogens is 2. The van der Waals surface area contributed by atoms with Crippen molar-refractivity contribution >= 4 is 11.9 Å². The number of rotatable bonds is 10. The Morgan fingerprint density at radius 2 is 1.81 bits per heavy atom. The summed E-state index contributed by atoms with van der Waals surface area (Å²) in [6.07, 6.45) is -2.31. The summed E-state index contributed by atoms with van der Waals surface area (Å²) in [6, 6.07) is 5.67. The van der Waals surface area contributed by atoms with Crippen LogP contribution in [-0.4, -0.2) is 51.1 Å². The summed E-state index contributed by atoms with van der Waals surface area (Å²) in [4.78, 5) is 23.0. The second-order valence-corrected chi connectivity index (χ2v) is 7.49. The van der Waals surface area contributed by atoms with E-state index < -0.39 is 30.4 Å². The minimum atomic E-state index is -1.39. The number of nitrogens with one attached hydrogen (secondary N) is 1. The molecular formula is C21H27FN3NaO5. The van der Waals surface area contributed by atoms with Crippen molar-refractivity contribution in [2.45, 2.75) is 57.7 Å². The SMILES string of the molecule is CNC(=O)c1nn(-c2ccc(F)cc2)c(CC[C@@H](O)C[C@@H](O)CC(=O)[O-])c1C(C)C.[Na+].